The molecule has 4 rings (SSSR count). The van der Waals surface area contributed by atoms with Crippen molar-refractivity contribution in [2.45, 2.75) is 38.5 Å². The first-order chi connectivity index (χ1) is 20.3. The Morgan fingerprint density at radius 3 is 2.35 bits per heavy atom. The molecule has 1 N–H and O–H groups in total. The molecule has 15 heteroatoms. The smallest absolute Gasteiger partial charge is 0.410 e. The lowest BCUT2D eigenvalue weighted by Crippen LogP contribution is -2.29. The fourth-order valence-corrected chi connectivity index (χ4v) is 5.27. The van der Waals surface area contributed by atoms with Crippen LogP contribution in [0.2, 0.25) is 10.0 Å². The standard InChI is InChI=1S/C28H29Cl2F2N3O7S/c1-34(13-17-5-8-20(9-6-17)33-43(2,38)39)28(36)42-25(12-21-22(29)14-35(37)15-23(21)30)19-7-10-24(41-27(31)32)26(11-19)40-16-18-3-4-18/h5-11,14-15,18,25,27,33H,3-4,12-13,16H2,1-2H3/t25-/m0/s1. The third kappa shape index (κ3) is 9.73. The second kappa shape index (κ2) is 13.8. The Morgan fingerprint density at radius 2 is 1.77 bits per heavy atom. The Morgan fingerprint density at radius 1 is 1.12 bits per heavy atom. The summed E-state index contributed by atoms with van der Waals surface area (Å²) in [6, 6.07) is 10.7. The molecule has 1 aliphatic rings. The first kappa shape index (κ1) is 32.4. The van der Waals surface area contributed by atoms with Crippen LogP contribution in [0.4, 0.5) is 19.3 Å². The highest BCUT2D eigenvalue weighted by molar-refractivity contribution is 7.92. The van der Waals surface area contributed by atoms with Gasteiger partial charge in [-0.2, -0.15) is 13.5 Å². The zero-order chi connectivity index (χ0) is 31.3. The van der Waals surface area contributed by atoms with E-state index in [2.05, 4.69) is 9.46 Å². The number of pyridine rings is 1. The van der Waals surface area contributed by atoms with Gasteiger partial charge < -0.3 is 24.3 Å². The first-order valence-electron chi connectivity index (χ1n) is 13.0. The van der Waals surface area contributed by atoms with Crippen LogP contribution in [0.25, 0.3) is 0 Å². The zero-order valence-electron chi connectivity index (χ0n) is 23.1. The fraction of sp³-hybridized carbons (Fsp3) is 0.357. The number of nitrogens with one attached hydrogen (secondary N) is 1. The van der Waals surface area contributed by atoms with E-state index >= 15 is 0 Å². The number of rotatable bonds is 13. The predicted molar refractivity (Wildman–Crippen MR) is 156 cm³/mol. The lowest BCUT2D eigenvalue weighted by atomic mass is 10.0. The van der Waals surface area contributed by atoms with E-state index in [1.54, 1.807) is 24.3 Å². The average molecular weight is 661 g/mol. The molecule has 232 valence electrons. The average Bonchev–Trinajstić information content (AvgIpc) is 3.74. The van der Waals surface area contributed by atoms with E-state index in [4.69, 9.17) is 32.7 Å². The monoisotopic (exact) mass is 659 g/mol. The van der Waals surface area contributed by atoms with Crippen molar-refractivity contribution < 1.29 is 40.9 Å². The van der Waals surface area contributed by atoms with Crippen molar-refractivity contribution in [3.8, 4) is 11.5 Å². The summed E-state index contributed by atoms with van der Waals surface area (Å²) in [6.07, 6.45) is 3.38. The second-order valence-electron chi connectivity index (χ2n) is 10.1. The summed E-state index contributed by atoms with van der Waals surface area (Å²) >= 11 is 12.6. The topological polar surface area (TPSA) is 121 Å². The van der Waals surface area contributed by atoms with Crippen molar-refractivity contribution in [1.82, 2.24) is 4.90 Å². The number of carbonyl (C=O) groups is 1. The van der Waals surface area contributed by atoms with E-state index in [0.29, 0.717) is 39.6 Å². The minimum Gasteiger partial charge on any atom is -0.619 e. The maximum atomic E-state index is 13.3. The van der Waals surface area contributed by atoms with Crippen molar-refractivity contribution in [3.63, 3.8) is 0 Å². The Hall–Kier alpha value is -3.55. The highest BCUT2D eigenvalue weighted by atomic mass is 35.5. The van der Waals surface area contributed by atoms with E-state index in [-0.39, 0.29) is 34.5 Å². The third-order valence-corrected chi connectivity index (χ3v) is 7.66. The van der Waals surface area contributed by atoms with Crippen molar-refractivity contribution in [2.75, 3.05) is 24.6 Å². The van der Waals surface area contributed by atoms with Crippen molar-refractivity contribution in [2.24, 2.45) is 5.92 Å². The quantitative estimate of drug-likeness (QED) is 0.178. The fourth-order valence-electron chi connectivity index (χ4n) is 4.10. The summed E-state index contributed by atoms with van der Waals surface area (Å²) in [6.45, 7) is -2.65. The van der Waals surface area contributed by atoms with Crippen LogP contribution in [-0.4, -0.2) is 45.9 Å². The third-order valence-electron chi connectivity index (χ3n) is 6.41. The highest BCUT2D eigenvalue weighted by Gasteiger charge is 2.27. The van der Waals surface area contributed by atoms with Gasteiger partial charge in [0.15, 0.2) is 23.9 Å². The number of sulfonamides is 1. The molecule has 1 heterocycles. The predicted octanol–water partition coefficient (Wildman–Crippen LogP) is 5.94. The highest BCUT2D eigenvalue weighted by Crippen LogP contribution is 2.38. The van der Waals surface area contributed by atoms with E-state index in [9.17, 15) is 27.2 Å². The Balaban J connectivity index is 1.58. The second-order valence-corrected chi connectivity index (χ2v) is 12.7. The Kier molecular flexibility index (Phi) is 10.4. The van der Waals surface area contributed by atoms with Gasteiger partial charge in [0.25, 0.3) is 0 Å². The van der Waals surface area contributed by atoms with Gasteiger partial charge in [0.05, 0.1) is 12.9 Å². The molecule has 43 heavy (non-hydrogen) atoms. The van der Waals surface area contributed by atoms with E-state index in [1.165, 1.54) is 30.1 Å². The van der Waals surface area contributed by atoms with Gasteiger partial charge in [-0.15, -0.1) is 0 Å². The number of hydrogen-bond donors (Lipinski definition) is 1. The van der Waals surface area contributed by atoms with Crippen LogP contribution in [0.5, 0.6) is 11.5 Å². The number of nitrogens with zero attached hydrogens (tertiary/aromatic N) is 2. The van der Waals surface area contributed by atoms with Gasteiger partial charge in [-0.1, -0.05) is 41.4 Å². The number of amides is 1. The number of ether oxygens (including phenoxy) is 3. The van der Waals surface area contributed by atoms with Gasteiger partial charge in [-0.3, -0.25) is 4.72 Å². The molecule has 0 bridgehead atoms. The van der Waals surface area contributed by atoms with Crippen LogP contribution in [0.3, 0.4) is 0 Å². The molecule has 1 amide bonds. The number of alkyl halides is 2. The molecule has 3 aromatic rings. The summed E-state index contributed by atoms with van der Waals surface area (Å²) in [7, 11) is -1.94. The van der Waals surface area contributed by atoms with Gasteiger partial charge in [-0.05, 0) is 54.2 Å². The summed E-state index contributed by atoms with van der Waals surface area (Å²) in [5.74, 6) is 0.213. The molecule has 1 aliphatic carbocycles. The van der Waals surface area contributed by atoms with Crippen molar-refractivity contribution in [1.29, 1.82) is 0 Å². The molecule has 2 aromatic carbocycles. The summed E-state index contributed by atoms with van der Waals surface area (Å²) in [5, 5.41) is 11.9. The van der Waals surface area contributed by atoms with Crippen LogP contribution in [0.1, 0.15) is 35.6 Å². The van der Waals surface area contributed by atoms with E-state index in [1.807, 2.05) is 0 Å². The van der Waals surface area contributed by atoms with Crippen LogP contribution >= 0.6 is 23.2 Å². The van der Waals surface area contributed by atoms with Crippen LogP contribution in [0, 0.1) is 11.1 Å². The van der Waals surface area contributed by atoms with Gasteiger partial charge in [0, 0.05) is 31.3 Å². The van der Waals surface area contributed by atoms with Crippen molar-refractivity contribution in [3.05, 3.63) is 86.8 Å². The molecule has 1 aromatic heterocycles. The van der Waals surface area contributed by atoms with Crippen LogP contribution in [0.15, 0.2) is 54.9 Å². The van der Waals surface area contributed by atoms with Crippen LogP contribution < -0.4 is 18.9 Å². The Bertz CT molecular complexity index is 1540. The number of anilines is 1. The van der Waals surface area contributed by atoms with Gasteiger partial charge in [0.2, 0.25) is 10.0 Å². The van der Waals surface area contributed by atoms with Crippen LogP contribution in [-0.2, 0) is 27.7 Å². The summed E-state index contributed by atoms with van der Waals surface area (Å²) in [4.78, 5) is 14.6. The number of benzene rings is 2. The molecule has 10 nitrogen and oxygen atoms in total. The van der Waals surface area contributed by atoms with E-state index < -0.39 is 28.8 Å². The first-order valence-corrected chi connectivity index (χ1v) is 15.7. The summed E-state index contributed by atoms with van der Waals surface area (Å²) in [5.41, 5.74) is 1.77. The van der Waals surface area contributed by atoms with E-state index in [0.717, 1.165) is 31.5 Å². The minimum absolute atomic E-state index is 0.0440. The largest absolute Gasteiger partial charge is 0.619 e. The Labute approximate surface area is 257 Å². The number of hydrogen-bond acceptors (Lipinski definition) is 7. The number of halogens is 4. The maximum absolute atomic E-state index is 13.3. The van der Waals surface area contributed by atoms with Gasteiger partial charge in [0.1, 0.15) is 16.1 Å². The molecule has 0 spiro atoms. The lowest BCUT2D eigenvalue weighted by Gasteiger charge is -2.24. The molecule has 0 aliphatic heterocycles. The lowest BCUT2D eigenvalue weighted by molar-refractivity contribution is -0.605. The molecule has 0 saturated heterocycles. The zero-order valence-corrected chi connectivity index (χ0v) is 25.5. The maximum Gasteiger partial charge on any atom is 0.410 e. The molecule has 0 radical (unpaired) electrons. The number of aromatic nitrogens is 1. The molecule has 1 fully saturated rings. The van der Waals surface area contributed by atoms with Crippen molar-refractivity contribution >= 4 is 45.0 Å². The molecular weight excluding hydrogens is 631 g/mol. The summed E-state index contributed by atoms with van der Waals surface area (Å²) < 4.78 is 68.2. The number of carbonyl (C=O) groups excluding carboxylic acids is 1. The molecular formula is C28H29Cl2F2N3O7S. The van der Waals surface area contributed by atoms with Gasteiger partial charge >= 0.3 is 12.7 Å². The molecule has 1 atom stereocenters. The molecule has 0 unspecified atom stereocenters. The normalized spacial score (nSPS) is 13.8. The minimum atomic E-state index is -3.44. The van der Waals surface area contributed by atoms with Gasteiger partial charge in [-0.25, -0.2) is 13.2 Å². The molecule has 1 saturated carbocycles. The SMILES string of the molecule is CN(Cc1ccc(NS(C)(=O)=O)cc1)C(=O)O[C@@H](Cc1c(Cl)c[n+]([O-])cc1Cl)c1ccc(OC(F)F)c(OCC2CC2)c1.